The Balaban J connectivity index is 1.48. The zero-order chi connectivity index (χ0) is 23.9. The lowest BCUT2D eigenvalue weighted by Gasteiger charge is -2.23. The molecule has 4 aromatic rings. The number of ketones is 1. The number of aryl methyl sites for hydroxylation is 1. The quantitative estimate of drug-likeness (QED) is 0.381. The molecular weight excluding hydrogens is 448 g/mol. The van der Waals surface area contributed by atoms with Crippen molar-refractivity contribution in [2.45, 2.75) is 25.5 Å². The van der Waals surface area contributed by atoms with Gasteiger partial charge >= 0.3 is 0 Å². The van der Waals surface area contributed by atoms with Gasteiger partial charge in [0.05, 0.1) is 18.7 Å². The van der Waals surface area contributed by atoms with Crippen molar-refractivity contribution in [3.8, 4) is 5.69 Å². The number of hydrogen-bond acceptors (Lipinski definition) is 3. The molecular formula is C28H23ClN2O3. The van der Waals surface area contributed by atoms with E-state index in [0.29, 0.717) is 21.8 Å². The molecule has 6 heteroatoms. The van der Waals surface area contributed by atoms with Crippen LogP contribution in [-0.4, -0.2) is 21.4 Å². The molecule has 1 atom stereocenters. The van der Waals surface area contributed by atoms with Gasteiger partial charge in [0, 0.05) is 34.2 Å². The van der Waals surface area contributed by atoms with Crippen molar-refractivity contribution >= 4 is 29.0 Å². The van der Waals surface area contributed by atoms with Crippen molar-refractivity contribution in [1.82, 2.24) is 4.57 Å². The molecule has 0 aliphatic carbocycles. The first-order valence-corrected chi connectivity index (χ1v) is 11.4. The number of anilines is 1. The molecule has 0 bridgehead atoms. The SMILES string of the molecule is Cc1ccc(CN2C(=O)[C@](O)(CC(=O)c3cccc(-n4cccc4)c3)c3cc(Cl)ccc32)cc1. The van der Waals surface area contributed by atoms with Gasteiger partial charge < -0.3 is 14.6 Å². The van der Waals surface area contributed by atoms with E-state index in [9.17, 15) is 14.7 Å². The Morgan fingerprint density at radius 2 is 1.71 bits per heavy atom. The van der Waals surface area contributed by atoms with Crippen LogP contribution in [0.25, 0.3) is 5.69 Å². The maximum absolute atomic E-state index is 13.6. The zero-order valence-electron chi connectivity index (χ0n) is 18.6. The standard InChI is InChI=1S/C28H23ClN2O3/c1-19-7-9-20(10-8-19)18-31-25-12-11-22(29)16-24(25)28(34,27(31)33)17-26(32)21-5-4-6-23(15-21)30-13-2-3-14-30/h2-16,34H,17-18H2,1H3/t28-/m0/s1. The number of carbonyl (C=O) groups excluding carboxylic acids is 2. The molecule has 0 unspecified atom stereocenters. The summed E-state index contributed by atoms with van der Waals surface area (Å²) in [4.78, 5) is 28.4. The summed E-state index contributed by atoms with van der Waals surface area (Å²) in [6.07, 6.45) is 3.40. The third-order valence-corrected chi connectivity index (χ3v) is 6.48. The van der Waals surface area contributed by atoms with Crippen molar-refractivity contribution in [1.29, 1.82) is 0 Å². The lowest BCUT2D eigenvalue weighted by molar-refractivity contribution is -0.136. The maximum atomic E-state index is 13.6. The second-order valence-electron chi connectivity index (χ2n) is 8.64. The highest BCUT2D eigenvalue weighted by molar-refractivity contribution is 6.31. The minimum absolute atomic E-state index is 0.285. The molecule has 1 N–H and O–H groups in total. The van der Waals surface area contributed by atoms with E-state index in [0.717, 1.165) is 16.8 Å². The van der Waals surface area contributed by atoms with E-state index in [4.69, 9.17) is 11.6 Å². The highest BCUT2D eigenvalue weighted by Gasteiger charge is 2.51. The summed E-state index contributed by atoms with van der Waals surface area (Å²) in [5, 5.41) is 12.0. The number of amides is 1. The first kappa shape index (κ1) is 22.1. The number of rotatable bonds is 6. The Bertz CT molecular complexity index is 1380. The van der Waals surface area contributed by atoms with Gasteiger partial charge in [-0.1, -0.05) is 53.6 Å². The number of Topliss-reactive ketones (excluding diaryl/α,β-unsaturated/α-hetero) is 1. The largest absolute Gasteiger partial charge is 0.375 e. The molecule has 5 nitrogen and oxygen atoms in total. The van der Waals surface area contributed by atoms with Gasteiger partial charge in [0.1, 0.15) is 0 Å². The minimum Gasteiger partial charge on any atom is -0.375 e. The summed E-state index contributed by atoms with van der Waals surface area (Å²) < 4.78 is 1.89. The predicted molar refractivity (Wildman–Crippen MR) is 132 cm³/mol. The third-order valence-electron chi connectivity index (χ3n) is 6.24. The van der Waals surface area contributed by atoms with Gasteiger partial charge in [0.25, 0.3) is 5.91 Å². The van der Waals surface area contributed by atoms with Gasteiger partial charge in [-0.05, 0) is 55.0 Å². The molecule has 1 aromatic heterocycles. The van der Waals surface area contributed by atoms with Crippen LogP contribution in [0.3, 0.4) is 0 Å². The summed E-state index contributed by atoms with van der Waals surface area (Å²) in [7, 11) is 0. The van der Waals surface area contributed by atoms with Crippen LogP contribution in [0.5, 0.6) is 0 Å². The maximum Gasteiger partial charge on any atom is 0.264 e. The predicted octanol–water partition coefficient (Wildman–Crippen LogP) is 5.45. The summed E-state index contributed by atoms with van der Waals surface area (Å²) >= 11 is 6.23. The molecule has 1 aliphatic heterocycles. The molecule has 0 radical (unpaired) electrons. The van der Waals surface area contributed by atoms with E-state index in [1.54, 1.807) is 36.4 Å². The van der Waals surface area contributed by atoms with Crippen LogP contribution >= 0.6 is 11.6 Å². The highest BCUT2D eigenvalue weighted by Crippen LogP contribution is 2.44. The Labute approximate surface area is 202 Å². The van der Waals surface area contributed by atoms with Crippen LogP contribution in [0.1, 0.15) is 33.5 Å². The molecule has 0 spiro atoms. The molecule has 3 aromatic carbocycles. The van der Waals surface area contributed by atoms with Gasteiger partial charge in [0.15, 0.2) is 11.4 Å². The van der Waals surface area contributed by atoms with E-state index in [2.05, 4.69) is 0 Å². The fourth-order valence-corrected chi connectivity index (χ4v) is 4.58. The second kappa shape index (κ2) is 8.60. The Morgan fingerprint density at radius 1 is 0.971 bits per heavy atom. The minimum atomic E-state index is -1.99. The number of aromatic nitrogens is 1. The fraction of sp³-hybridized carbons (Fsp3) is 0.143. The normalized spacial score (nSPS) is 17.1. The van der Waals surface area contributed by atoms with Gasteiger partial charge in [-0.15, -0.1) is 0 Å². The van der Waals surface area contributed by atoms with Crippen molar-refractivity contribution in [3.05, 3.63) is 119 Å². The summed E-state index contributed by atoms with van der Waals surface area (Å²) in [5.74, 6) is -0.853. The van der Waals surface area contributed by atoms with Crippen LogP contribution in [-0.2, 0) is 16.9 Å². The number of aliphatic hydroxyl groups is 1. The Morgan fingerprint density at radius 3 is 2.44 bits per heavy atom. The van der Waals surface area contributed by atoms with Crippen LogP contribution in [0, 0.1) is 6.92 Å². The zero-order valence-corrected chi connectivity index (χ0v) is 19.4. The van der Waals surface area contributed by atoms with E-state index in [1.165, 1.54) is 4.90 Å². The van der Waals surface area contributed by atoms with Gasteiger partial charge in [-0.25, -0.2) is 0 Å². The van der Waals surface area contributed by atoms with Crippen molar-refractivity contribution in [2.24, 2.45) is 0 Å². The monoisotopic (exact) mass is 470 g/mol. The van der Waals surface area contributed by atoms with Crippen LogP contribution < -0.4 is 4.90 Å². The van der Waals surface area contributed by atoms with Crippen LogP contribution in [0.4, 0.5) is 5.69 Å². The highest BCUT2D eigenvalue weighted by atomic mass is 35.5. The molecule has 2 heterocycles. The average Bonchev–Trinajstić information content (AvgIpc) is 3.44. The fourth-order valence-electron chi connectivity index (χ4n) is 4.41. The second-order valence-corrected chi connectivity index (χ2v) is 9.08. The number of benzene rings is 3. The van der Waals surface area contributed by atoms with Crippen molar-refractivity contribution in [3.63, 3.8) is 0 Å². The number of nitrogens with zero attached hydrogens (tertiary/aromatic N) is 2. The molecule has 0 saturated heterocycles. The topological polar surface area (TPSA) is 62.5 Å². The summed E-state index contributed by atoms with van der Waals surface area (Å²) in [6.45, 7) is 2.28. The van der Waals surface area contributed by atoms with Crippen molar-refractivity contribution in [2.75, 3.05) is 4.90 Å². The van der Waals surface area contributed by atoms with Crippen LogP contribution in [0.15, 0.2) is 91.3 Å². The first-order valence-electron chi connectivity index (χ1n) is 11.0. The number of carbonyl (C=O) groups is 2. The van der Waals surface area contributed by atoms with Gasteiger partial charge in [0.2, 0.25) is 0 Å². The number of halogens is 1. The molecule has 1 aliphatic rings. The summed E-state index contributed by atoms with van der Waals surface area (Å²) in [5.41, 5.74) is 2.21. The molecule has 5 rings (SSSR count). The van der Waals surface area contributed by atoms with E-state index >= 15 is 0 Å². The molecule has 170 valence electrons. The third kappa shape index (κ3) is 3.94. The molecule has 1 amide bonds. The molecule has 0 fully saturated rings. The van der Waals surface area contributed by atoms with E-state index in [1.807, 2.05) is 66.3 Å². The number of hydrogen-bond donors (Lipinski definition) is 1. The lowest BCUT2D eigenvalue weighted by atomic mass is 9.88. The molecule has 34 heavy (non-hydrogen) atoms. The van der Waals surface area contributed by atoms with Crippen molar-refractivity contribution < 1.29 is 14.7 Å². The van der Waals surface area contributed by atoms with E-state index in [-0.39, 0.29) is 18.7 Å². The Hall–Kier alpha value is -3.67. The Kier molecular flexibility index (Phi) is 5.60. The average molecular weight is 471 g/mol. The lowest BCUT2D eigenvalue weighted by Crippen LogP contribution is -2.41. The smallest absolute Gasteiger partial charge is 0.264 e. The van der Waals surface area contributed by atoms with Crippen LogP contribution in [0.2, 0.25) is 5.02 Å². The van der Waals surface area contributed by atoms with E-state index < -0.39 is 11.5 Å². The summed E-state index contributed by atoms with van der Waals surface area (Å²) in [6, 6.07) is 23.8. The first-order chi connectivity index (χ1) is 16.3. The van der Waals surface area contributed by atoms with Gasteiger partial charge in [-0.2, -0.15) is 0 Å². The number of fused-ring (bicyclic) bond motifs is 1. The van der Waals surface area contributed by atoms with Gasteiger partial charge in [-0.3, -0.25) is 9.59 Å². The molecule has 0 saturated carbocycles.